The number of hydrogen-bond acceptors (Lipinski definition) is 4. The first-order valence-corrected chi connectivity index (χ1v) is 6.20. The van der Waals surface area contributed by atoms with Gasteiger partial charge in [-0.25, -0.2) is 4.79 Å². The van der Waals surface area contributed by atoms with Gasteiger partial charge in [0.2, 0.25) is 0 Å². The highest BCUT2D eigenvalue weighted by Gasteiger charge is 2.13. The van der Waals surface area contributed by atoms with E-state index in [1.807, 2.05) is 43.3 Å². The van der Waals surface area contributed by atoms with Gasteiger partial charge in [-0.1, -0.05) is 6.07 Å². The Balaban J connectivity index is 2.07. The van der Waals surface area contributed by atoms with Crippen molar-refractivity contribution in [2.45, 2.75) is 13.5 Å². The van der Waals surface area contributed by atoms with Gasteiger partial charge in [0.05, 0.1) is 0 Å². The van der Waals surface area contributed by atoms with Gasteiger partial charge in [-0.2, -0.15) is 0 Å². The Morgan fingerprint density at radius 1 is 1.35 bits per heavy atom. The summed E-state index contributed by atoms with van der Waals surface area (Å²) in [6.45, 7) is 1.82. The standard InChI is InChI=1S/C15H17NO4/c1-10-14(15(17)18)8-13(20-10)9-19-12-6-4-5-11(7-12)16(2)3/h4-8H,9H2,1-3H3,(H,17,18). The molecule has 0 saturated heterocycles. The minimum Gasteiger partial charge on any atom is -0.486 e. The quantitative estimate of drug-likeness (QED) is 0.909. The maximum absolute atomic E-state index is 10.9. The predicted molar refractivity (Wildman–Crippen MR) is 75.5 cm³/mol. The van der Waals surface area contributed by atoms with Crippen molar-refractivity contribution in [3.05, 3.63) is 47.4 Å². The average Bonchev–Trinajstić information content (AvgIpc) is 2.78. The normalized spacial score (nSPS) is 10.3. The Bertz CT molecular complexity index is 616. The zero-order valence-electron chi connectivity index (χ0n) is 11.7. The molecule has 1 aromatic carbocycles. The third-order valence-electron chi connectivity index (χ3n) is 2.91. The number of carboxylic acids is 1. The number of hydrogen-bond donors (Lipinski definition) is 1. The maximum Gasteiger partial charge on any atom is 0.339 e. The maximum atomic E-state index is 10.9. The molecular formula is C15H17NO4. The van der Waals surface area contributed by atoms with Gasteiger partial charge in [-0.3, -0.25) is 0 Å². The summed E-state index contributed by atoms with van der Waals surface area (Å²) < 4.78 is 11.0. The highest BCUT2D eigenvalue weighted by atomic mass is 16.5. The fourth-order valence-corrected chi connectivity index (χ4v) is 1.83. The van der Waals surface area contributed by atoms with Crippen LogP contribution in [0.5, 0.6) is 5.75 Å². The Labute approximate surface area is 117 Å². The van der Waals surface area contributed by atoms with Crippen LogP contribution in [0, 0.1) is 6.92 Å². The molecule has 0 saturated carbocycles. The fourth-order valence-electron chi connectivity index (χ4n) is 1.83. The van der Waals surface area contributed by atoms with E-state index in [0.29, 0.717) is 17.3 Å². The zero-order chi connectivity index (χ0) is 14.7. The molecule has 0 spiro atoms. The highest BCUT2D eigenvalue weighted by molar-refractivity contribution is 5.88. The van der Waals surface area contributed by atoms with E-state index in [1.165, 1.54) is 6.07 Å². The van der Waals surface area contributed by atoms with Crippen molar-refractivity contribution < 1.29 is 19.1 Å². The SMILES string of the molecule is Cc1oc(COc2cccc(N(C)C)c2)cc1C(=O)O. The summed E-state index contributed by atoms with van der Waals surface area (Å²) in [4.78, 5) is 12.9. The van der Waals surface area contributed by atoms with E-state index in [-0.39, 0.29) is 12.2 Å². The zero-order valence-corrected chi connectivity index (χ0v) is 11.7. The minimum absolute atomic E-state index is 0.172. The molecule has 1 aromatic heterocycles. The molecule has 0 aliphatic carbocycles. The number of rotatable bonds is 5. The Kier molecular flexibility index (Phi) is 3.98. The molecule has 0 bridgehead atoms. The number of benzene rings is 1. The first kappa shape index (κ1) is 14.0. The molecule has 0 amide bonds. The molecule has 1 N–H and O–H groups in total. The molecule has 0 aliphatic heterocycles. The molecule has 5 nitrogen and oxygen atoms in total. The van der Waals surface area contributed by atoms with E-state index in [1.54, 1.807) is 6.92 Å². The summed E-state index contributed by atoms with van der Waals surface area (Å²) >= 11 is 0. The monoisotopic (exact) mass is 275 g/mol. The van der Waals surface area contributed by atoms with Gasteiger partial charge in [-0.05, 0) is 25.1 Å². The summed E-state index contributed by atoms with van der Waals surface area (Å²) in [5.74, 6) is 0.600. The van der Waals surface area contributed by atoms with Crippen molar-refractivity contribution in [1.29, 1.82) is 0 Å². The molecule has 0 aliphatic rings. The van der Waals surface area contributed by atoms with Crippen LogP contribution in [-0.4, -0.2) is 25.2 Å². The van der Waals surface area contributed by atoms with Gasteiger partial charge in [0.15, 0.2) is 0 Å². The summed E-state index contributed by atoms with van der Waals surface area (Å²) in [6, 6.07) is 9.13. The van der Waals surface area contributed by atoms with Crippen LogP contribution in [0.4, 0.5) is 5.69 Å². The number of carbonyl (C=O) groups is 1. The lowest BCUT2D eigenvalue weighted by molar-refractivity contribution is 0.0695. The molecule has 0 unspecified atom stereocenters. The molecule has 5 heteroatoms. The van der Waals surface area contributed by atoms with Crippen LogP contribution >= 0.6 is 0 Å². The average molecular weight is 275 g/mol. The number of aryl methyl sites for hydroxylation is 1. The number of furan rings is 1. The van der Waals surface area contributed by atoms with E-state index in [0.717, 1.165) is 5.69 Å². The first-order valence-electron chi connectivity index (χ1n) is 6.20. The lowest BCUT2D eigenvalue weighted by atomic mass is 10.2. The molecule has 2 rings (SSSR count). The smallest absolute Gasteiger partial charge is 0.339 e. The van der Waals surface area contributed by atoms with E-state index >= 15 is 0 Å². The largest absolute Gasteiger partial charge is 0.486 e. The first-order chi connectivity index (χ1) is 9.47. The van der Waals surface area contributed by atoms with Crippen LogP contribution < -0.4 is 9.64 Å². The molecule has 1 heterocycles. The highest BCUT2D eigenvalue weighted by Crippen LogP contribution is 2.21. The molecule has 2 aromatic rings. The van der Waals surface area contributed by atoms with E-state index in [2.05, 4.69) is 0 Å². The van der Waals surface area contributed by atoms with Crippen molar-refractivity contribution >= 4 is 11.7 Å². The Hall–Kier alpha value is -2.43. The van der Waals surface area contributed by atoms with E-state index < -0.39 is 5.97 Å². The lowest BCUT2D eigenvalue weighted by Crippen LogP contribution is -2.08. The van der Waals surface area contributed by atoms with Crippen LogP contribution in [-0.2, 0) is 6.61 Å². The summed E-state index contributed by atoms with van der Waals surface area (Å²) in [5.41, 5.74) is 1.20. The second-order valence-corrected chi connectivity index (χ2v) is 4.67. The van der Waals surface area contributed by atoms with Gasteiger partial charge in [0, 0.05) is 25.8 Å². The van der Waals surface area contributed by atoms with Gasteiger partial charge in [0.25, 0.3) is 0 Å². The fraction of sp³-hybridized carbons (Fsp3) is 0.267. The third-order valence-corrected chi connectivity index (χ3v) is 2.91. The van der Waals surface area contributed by atoms with Crippen molar-refractivity contribution in [3.8, 4) is 5.75 Å². The van der Waals surface area contributed by atoms with Crippen molar-refractivity contribution in [2.24, 2.45) is 0 Å². The lowest BCUT2D eigenvalue weighted by Gasteiger charge is -2.13. The predicted octanol–water partition coefficient (Wildman–Crippen LogP) is 2.93. The van der Waals surface area contributed by atoms with E-state index in [4.69, 9.17) is 14.3 Å². The van der Waals surface area contributed by atoms with Crippen molar-refractivity contribution in [2.75, 3.05) is 19.0 Å². The van der Waals surface area contributed by atoms with Crippen LogP contribution in [0.25, 0.3) is 0 Å². The number of ether oxygens (including phenoxy) is 1. The van der Waals surface area contributed by atoms with E-state index in [9.17, 15) is 4.79 Å². The Morgan fingerprint density at radius 2 is 2.10 bits per heavy atom. The van der Waals surface area contributed by atoms with Gasteiger partial charge in [0.1, 0.15) is 29.4 Å². The number of aromatic carboxylic acids is 1. The molecule has 106 valence electrons. The molecule has 0 atom stereocenters. The molecule has 0 fully saturated rings. The summed E-state index contributed by atoms with van der Waals surface area (Å²) in [5, 5.41) is 8.96. The van der Waals surface area contributed by atoms with Crippen LogP contribution in [0.2, 0.25) is 0 Å². The van der Waals surface area contributed by atoms with Gasteiger partial charge >= 0.3 is 5.97 Å². The third kappa shape index (κ3) is 3.12. The van der Waals surface area contributed by atoms with Crippen molar-refractivity contribution in [1.82, 2.24) is 0 Å². The van der Waals surface area contributed by atoms with Crippen LogP contribution in [0.3, 0.4) is 0 Å². The molecule has 20 heavy (non-hydrogen) atoms. The van der Waals surface area contributed by atoms with Crippen LogP contribution in [0.15, 0.2) is 34.7 Å². The summed E-state index contributed by atoms with van der Waals surface area (Å²) in [6.07, 6.45) is 0. The second kappa shape index (κ2) is 5.69. The van der Waals surface area contributed by atoms with Gasteiger partial charge < -0.3 is 19.2 Å². The second-order valence-electron chi connectivity index (χ2n) is 4.67. The Morgan fingerprint density at radius 3 is 2.70 bits per heavy atom. The van der Waals surface area contributed by atoms with Crippen LogP contribution in [0.1, 0.15) is 21.9 Å². The number of nitrogens with zero attached hydrogens (tertiary/aromatic N) is 1. The number of carboxylic acid groups (broad SMARTS) is 1. The minimum atomic E-state index is -0.993. The topological polar surface area (TPSA) is 62.9 Å². The number of anilines is 1. The summed E-state index contributed by atoms with van der Waals surface area (Å²) in [7, 11) is 3.91. The molecule has 0 radical (unpaired) electrons. The van der Waals surface area contributed by atoms with Crippen molar-refractivity contribution in [3.63, 3.8) is 0 Å². The van der Waals surface area contributed by atoms with Gasteiger partial charge in [-0.15, -0.1) is 0 Å². The molecular weight excluding hydrogens is 258 g/mol.